The molecule has 2 aliphatic rings. The smallest absolute Gasteiger partial charge is 0.225 e. The van der Waals surface area contributed by atoms with Crippen molar-refractivity contribution in [2.45, 2.75) is 50.2 Å². The first-order valence-corrected chi connectivity index (χ1v) is 8.25. The highest BCUT2D eigenvalue weighted by Gasteiger charge is 2.35. The van der Waals surface area contributed by atoms with Gasteiger partial charge in [0.1, 0.15) is 17.6 Å². The SMILES string of the molecule is Nc1nccnc1C1CN(C(=O)CC2(O)CCCCC2)CCO1. The van der Waals surface area contributed by atoms with Crippen molar-refractivity contribution in [1.82, 2.24) is 14.9 Å². The number of hydrogen-bond acceptors (Lipinski definition) is 6. The van der Waals surface area contributed by atoms with Gasteiger partial charge in [0.25, 0.3) is 0 Å². The Labute approximate surface area is 135 Å². The van der Waals surface area contributed by atoms with Gasteiger partial charge in [-0.3, -0.25) is 9.78 Å². The van der Waals surface area contributed by atoms with Crippen LogP contribution < -0.4 is 5.73 Å². The Morgan fingerprint density at radius 2 is 2.09 bits per heavy atom. The number of rotatable bonds is 3. The highest BCUT2D eigenvalue weighted by atomic mass is 16.5. The molecule has 1 atom stereocenters. The standard InChI is InChI=1S/C16H24N4O3/c17-15-14(18-6-7-19-15)12-11-20(8-9-23-12)13(21)10-16(22)4-2-1-3-5-16/h6-7,12,22H,1-5,8-11H2,(H2,17,19). The fourth-order valence-corrected chi connectivity index (χ4v) is 3.43. The molecule has 2 heterocycles. The van der Waals surface area contributed by atoms with Crippen LogP contribution in [0.15, 0.2) is 12.4 Å². The second-order valence-corrected chi connectivity index (χ2v) is 6.49. The highest BCUT2D eigenvalue weighted by Crippen LogP contribution is 2.32. The van der Waals surface area contributed by atoms with Gasteiger partial charge in [-0.1, -0.05) is 19.3 Å². The lowest BCUT2D eigenvalue weighted by atomic mass is 9.82. The number of aliphatic hydroxyl groups is 1. The normalized spacial score (nSPS) is 24.4. The first-order chi connectivity index (χ1) is 11.1. The molecule has 3 N–H and O–H groups in total. The van der Waals surface area contributed by atoms with Crippen molar-refractivity contribution in [3.05, 3.63) is 18.1 Å². The van der Waals surface area contributed by atoms with Crippen molar-refractivity contribution in [2.24, 2.45) is 0 Å². The molecule has 1 aromatic rings. The maximum absolute atomic E-state index is 12.6. The number of nitrogens with two attached hydrogens (primary N) is 1. The second kappa shape index (κ2) is 6.80. The predicted octanol–water partition coefficient (Wildman–Crippen LogP) is 1.04. The van der Waals surface area contributed by atoms with E-state index in [-0.39, 0.29) is 18.4 Å². The molecule has 0 radical (unpaired) electrons. The maximum atomic E-state index is 12.6. The van der Waals surface area contributed by atoms with Gasteiger partial charge in [-0.2, -0.15) is 0 Å². The van der Waals surface area contributed by atoms with Gasteiger partial charge < -0.3 is 20.5 Å². The van der Waals surface area contributed by atoms with E-state index in [0.717, 1.165) is 19.3 Å². The number of nitrogen functional groups attached to an aromatic ring is 1. The summed E-state index contributed by atoms with van der Waals surface area (Å²) < 4.78 is 5.70. The van der Waals surface area contributed by atoms with Crippen LogP contribution >= 0.6 is 0 Å². The molecular formula is C16H24N4O3. The first kappa shape index (κ1) is 16.1. The van der Waals surface area contributed by atoms with Crippen molar-refractivity contribution in [3.63, 3.8) is 0 Å². The zero-order chi connectivity index (χ0) is 16.3. The van der Waals surface area contributed by atoms with E-state index in [1.54, 1.807) is 11.1 Å². The zero-order valence-electron chi connectivity index (χ0n) is 13.3. The minimum Gasteiger partial charge on any atom is -0.389 e. The number of anilines is 1. The lowest BCUT2D eigenvalue weighted by Crippen LogP contribution is -2.46. The Balaban J connectivity index is 1.64. The van der Waals surface area contributed by atoms with Crippen molar-refractivity contribution in [1.29, 1.82) is 0 Å². The van der Waals surface area contributed by atoms with Gasteiger partial charge in [0.2, 0.25) is 5.91 Å². The fourth-order valence-electron chi connectivity index (χ4n) is 3.43. The van der Waals surface area contributed by atoms with Gasteiger partial charge in [0.15, 0.2) is 0 Å². The van der Waals surface area contributed by atoms with Crippen LogP contribution in [-0.2, 0) is 9.53 Å². The molecule has 1 saturated heterocycles. The number of ether oxygens (including phenoxy) is 1. The molecule has 0 aromatic carbocycles. The Morgan fingerprint density at radius 3 is 2.83 bits per heavy atom. The van der Waals surface area contributed by atoms with Crippen molar-refractivity contribution >= 4 is 11.7 Å². The topological polar surface area (TPSA) is 102 Å². The monoisotopic (exact) mass is 320 g/mol. The molecule has 7 nitrogen and oxygen atoms in total. The zero-order valence-corrected chi connectivity index (χ0v) is 13.3. The van der Waals surface area contributed by atoms with Crippen molar-refractivity contribution in [2.75, 3.05) is 25.4 Å². The molecule has 23 heavy (non-hydrogen) atoms. The quantitative estimate of drug-likeness (QED) is 0.863. The molecule has 1 amide bonds. The van der Waals surface area contributed by atoms with Crippen LogP contribution in [0.2, 0.25) is 0 Å². The Bertz CT molecular complexity index is 560. The van der Waals surface area contributed by atoms with Gasteiger partial charge in [-0.15, -0.1) is 0 Å². The van der Waals surface area contributed by atoms with E-state index in [0.29, 0.717) is 44.0 Å². The minimum absolute atomic E-state index is 0.0230. The fraction of sp³-hybridized carbons (Fsp3) is 0.688. The number of carbonyl (C=O) groups excluding carboxylic acids is 1. The van der Waals surface area contributed by atoms with Crippen LogP contribution in [0.4, 0.5) is 5.82 Å². The molecule has 1 saturated carbocycles. The summed E-state index contributed by atoms with van der Waals surface area (Å²) in [7, 11) is 0. The van der Waals surface area contributed by atoms with Crippen molar-refractivity contribution in [3.8, 4) is 0 Å². The molecular weight excluding hydrogens is 296 g/mol. The van der Waals surface area contributed by atoms with E-state index in [4.69, 9.17) is 10.5 Å². The number of hydrogen-bond donors (Lipinski definition) is 2. The summed E-state index contributed by atoms with van der Waals surface area (Å²) in [5, 5.41) is 10.6. The average Bonchev–Trinajstić information content (AvgIpc) is 2.55. The summed E-state index contributed by atoms with van der Waals surface area (Å²) in [4.78, 5) is 22.6. The van der Waals surface area contributed by atoms with Crippen LogP contribution in [0.1, 0.15) is 50.3 Å². The molecule has 0 bridgehead atoms. The van der Waals surface area contributed by atoms with E-state index >= 15 is 0 Å². The summed E-state index contributed by atoms with van der Waals surface area (Å²) >= 11 is 0. The van der Waals surface area contributed by atoms with Gasteiger partial charge in [-0.05, 0) is 12.8 Å². The van der Waals surface area contributed by atoms with E-state index in [1.165, 1.54) is 6.20 Å². The van der Waals surface area contributed by atoms with Crippen LogP contribution in [-0.4, -0.2) is 51.2 Å². The van der Waals surface area contributed by atoms with E-state index in [1.807, 2.05) is 0 Å². The van der Waals surface area contributed by atoms with E-state index in [2.05, 4.69) is 9.97 Å². The highest BCUT2D eigenvalue weighted by molar-refractivity contribution is 5.77. The third kappa shape index (κ3) is 3.79. The van der Waals surface area contributed by atoms with Gasteiger partial charge >= 0.3 is 0 Å². The van der Waals surface area contributed by atoms with Crippen LogP contribution in [0.5, 0.6) is 0 Å². The molecule has 1 aliphatic carbocycles. The molecule has 0 spiro atoms. The third-order valence-electron chi connectivity index (χ3n) is 4.75. The summed E-state index contributed by atoms with van der Waals surface area (Å²) in [5.74, 6) is 0.308. The summed E-state index contributed by atoms with van der Waals surface area (Å²) in [6.45, 7) is 1.37. The van der Waals surface area contributed by atoms with Gasteiger partial charge in [0, 0.05) is 18.9 Å². The molecule has 1 aliphatic heterocycles. The number of carbonyl (C=O) groups is 1. The molecule has 7 heteroatoms. The van der Waals surface area contributed by atoms with Gasteiger partial charge in [0.05, 0.1) is 25.2 Å². The summed E-state index contributed by atoms with van der Waals surface area (Å²) in [5.41, 5.74) is 5.58. The lowest BCUT2D eigenvalue weighted by Gasteiger charge is -2.37. The maximum Gasteiger partial charge on any atom is 0.225 e. The number of nitrogens with zero attached hydrogens (tertiary/aromatic N) is 3. The molecule has 2 fully saturated rings. The largest absolute Gasteiger partial charge is 0.389 e. The summed E-state index contributed by atoms with van der Waals surface area (Å²) in [6.07, 6.45) is 7.48. The lowest BCUT2D eigenvalue weighted by molar-refractivity contribution is -0.145. The second-order valence-electron chi connectivity index (χ2n) is 6.49. The average molecular weight is 320 g/mol. The van der Waals surface area contributed by atoms with Crippen LogP contribution in [0.25, 0.3) is 0 Å². The summed E-state index contributed by atoms with van der Waals surface area (Å²) in [6, 6.07) is 0. The number of amides is 1. The van der Waals surface area contributed by atoms with E-state index in [9.17, 15) is 9.90 Å². The molecule has 1 aromatic heterocycles. The minimum atomic E-state index is -0.839. The molecule has 3 rings (SSSR count). The van der Waals surface area contributed by atoms with Crippen LogP contribution in [0, 0.1) is 0 Å². The Hall–Kier alpha value is -1.73. The van der Waals surface area contributed by atoms with Crippen molar-refractivity contribution < 1.29 is 14.6 Å². The van der Waals surface area contributed by atoms with Gasteiger partial charge in [-0.25, -0.2) is 4.98 Å². The van der Waals surface area contributed by atoms with E-state index < -0.39 is 5.60 Å². The Kier molecular flexibility index (Phi) is 4.77. The third-order valence-corrected chi connectivity index (χ3v) is 4.75. The first-order valence-electron chi connectivity index (χ1n) is 8.25. The molecule has 126 valence electrons. The van der Waals surface area contributed by atoms with Crippen LogP contribution in [0.3, 0.4) is 0 Å². The predicted molar refractivity (Wildman–Crippen MR) is 84.4 cm³/mol. The Morgan fingerprint density at radius 1 is 1.35 bits per heavy atom. The molecule has 1 unspecified atom stereocenters. The number of aromatic nitrogens is 2. The number of morpholine rings is 1.